The molecule has 1 saturated heterocycles. The van der Waals surface area contributed by atoms with E-state index < -0.39 is 0 Å². The van der Waals surface area contributed by atoms with Crippen LogP contribution < -0.4 is 5.32 Å². The number of aromatic nitrogens is 2. The zero-order chi connectivity index (χ0) is 21.1. The molecule has 0 unspecified atom stereocenters. The van der Waals surface area contributed by atoms with Crippen molar-refractivity contribution in [3.8, 4) is 11.4 Å². The molecule has 8 heteroatoms. The summed E-state index contributed by atoms with van der Waals surface area (Å²) in [6, 6.07) is 10.0. The average Bonchev–Trinajstić information content (AvgIpc) is 3.22. The van der Waals surface area contributed by atoms with E-state index in [-0.39, 0.29) is 23.5 Å². The molecule has 156 valence electrons. The van der Waals surface area contributed by atoms with Crippen molar-refractivity contribution >= 4 is 11.6 Å². The molecule has 2 heterocycles. The van der Waals surface area contributed by atoms with Crippen LogP contribution in [0.5, 0.6) is 0 Å². The summed E-state index contributed by atoms with van der Waals surface area (Å²) in [6.45, 7) is 1.22. The number of amides is 1. The number of anilines is 1. The Hall–Kier alpha value is -3.29. The van der Waals surface area contributed by atoms with E-state index in [4.69, 9.17) is 4.52 Å². The van der Waals surface area contributed by atoms with Gasteiger partial charge in [0.05, 0.1) is 5.56 Å². The molecule has 0 saturated carbocycles. The molecular formula is C22H22F2N4O2. The largest absolute Gasteiger partial charge is 0.387 e. The first kappa shape index (κ1) is 20.0. The van der Waals surface area contributed by atoms with Crippen LogP contribution >= 0.6 is 0 Å². The Morgan fingerprint density at radius 2 is 1.97 bits per heavy atom. The molecule has 0 bridgehead atoms. The van der Waals surface area contributed by atoms with E-state index >= 15 is 0 Å². The molecule has 1 amide bonds. The third-order valence-corrected chi connectivity index (χ3v) is 5.32. The van der Waals surface area contributed by atoms with Gasteiger partial charge in [-0.05, 0) is 61.2 Å². The fourth-order valence-electron chi connectivity index (χ4n) is 3.80. The SMILES string of the molecule is CNc1cc(F)ccc1C(=O)N1CCC[C@H](Cc2nc(-c3ccc(F)cc3)no2)C1. The van der Waals surface area contributed by atoms with Crippen LogP contribution in [0.2, 0.25) is 0 Å². The molecule has 1 aromatic heterocycles. The molecule has 2 aromatic carbocycles. The van der Waals surface area contributed by atoms with Crippen molar-refractivity contribution in [1.82, 2.24) is 15.0 Å². The van der Waals surface area contributed by atoms with E-state index in [1.165, 1.54) is 30.3 Å². The highest BCUT2D eigenvalue weighted by molar-refractivity contribution is 5.99. The minimum atomic E-state index is -0.388. The summed E-state index contributed by atoms with van der Waals surface area (Å²) in [5.41, 5.74) is 1.61. The molecule has 1 aliphatic rings. The van der Waals surface area contributed by atoms with Crippen molar-refractivity contribution in [3.05, 3.63) is 65.6 Å². The Morgan fingerprint density at radius 3 is 2.73 bits per heavy atom. The summed E-state index contributed by atoms with van der Waals surface area (Å²) >= 11 is 0. The van der Waals surface area contributed by atoms with Crippen LogP contribution in [0.25, 0.3) is 11.4 Å². The molecule has 4 rings (SSSR count). The lowest BCUT2D eigenvalue weighted by atomic mass is 9.94. The maximum absolute atomic E-state index is 13.5. The summed E-state index contributed by atoms with van der Waals surface area (Å²) in [5.74, 6) is 0.257. The zero-order valence-electron chi connectivity index (χ0n) is 16.6. The number of carbonyl (C=O) groups is 1. The van der Waals surface area contributed by atoms with Crippen molar-refractivity contribution < 1.29 is 18.1 Å². The Morgan fingerprint density at radius 1 is 1.20 bits per heavy atom. The second-order valence-electron chi connectivity index (χ2n) is 7.42. The standard InChI is InChI=1S/C22H22F2N4O2/c1-25-19-12-17(24)8-9-18(19)22(29)28-10-2-3-14(13-28)11-20-26-21(27-30-20)15-4-6-16(23)7-5-15/h4-9,12,14,25H,2-3,10-11,13H2,1H3/t14-/m1/s1. The predicted octanol–water partition coefficient (Wildman–Crippen LogP) is 4.15. The Labute approximate surface area is 172 Å². The highest BCUT2D eigenvalue weighted by Crippen LogP contribution is 2.25. The molecule has 1 fully saturated rings. The van der Waals surface area contributed by atoms with Crippen molar-refractivity contribution in [1.29, 1.82) is 0 Å². The Bertz CT molecular complexity index is 1040. The molecule has 30 heavy (non-hydrogen) atoms. The topological polar surface area (TPSA) is 71.3 Å². The van der Waals surface area contributed by atoms with Crippen molar-refractivity contribution in [2.45, 2.75) is 19.3 Å². The number of benzene rings is 2. The van der Waals surface area contributed by atoms with E-state index in [0.717, 1.165) is 12.8 Å². The van der Waals surface area contributed by atoms with Crippen LogP contribution in [0, 0.1) is 17.6 Å². The third-order valence-electron chi connectivity index (χ3n) is 5.32. The molecule has 0 spiro atoms. The number of nitrogens with zero attached hydrogens (tertiary/aromatic N) is 3. The van der Waals surface area contributed by atoms with Crippen molar-refractivity contribution in [2.75, 3.05) is 25.5 Å². The number of halogens is 2. The van der Waals surface area contributed by atoms with E-state index in [9.17, 15) is 13.6 Å². The first-order valence-corrected chi connectivity index (χ1v) is 9.88. The fourth-order valence-corrected chi connectivity index (χ4v) is 3.80. The number of piperidine rings is 1. The number of hydrogen-bond acceptors (Lipinski definition) is 5. The molecule has 1 atom stereocenters. The monoisotopic (exact) mass is 412 g/mol. The van der Waals surface area contributed by atoms with Crippen LogP contribution in [0.3, 0.4) is 0 Å². The van der Waals surface area contributed by atoms with Crippen molar-refractivity contribution in [2.24, 2.45) is 5.92 Å². The smallest absolute Gasteiger partial charge is 0.255 e. The first-order chi connectivity index (χ1) is 14.5. The van der Waals surface area contributed by atoms with E-state index in [1.807, 2.05) is 0 Å². The maximum Gasteiger partial charge on any atom is 0.255 e. The normalized spacial score (nSPS) is 16.5. The van der Waals surface area contributed by atoms with Gasteiger partial charge in [0.15, 0.2) is 0 Å². The molecule has 1 aliphatic heterocycles. The second kappa shape index (κ2) is 8.61. The second-order valence-corrected chi connectivity index (χ2v) is 7.42. The zero-order valence-corrected chi connectivity index (χ0v) is 16.6. The summed E-state index contributed by atoms with van der Waals surface area (Å²) in [4.78, 5) is 19.2. The van der Waals surface area contributed by atoms with Gasteiger partial charge in [0, 0.05) is 37.8 Å². The lowest BCUT2D eigenvalue weighted by Crippen LogP contribution is -2.40. The van der Waals surface area contributed by atoms with E-state index in [2.05, 4.69) is 15.5 Å². The van der Waals surface area contributed by atoms with Crippen LogP contribution in [0.15, 0.2) is 47.0 Å². The van der Waals surface area contributed by atoms with E-state index in [1.54, 1.807) is 24.1 Å². The highest BCUT2D eigenvalue weighted by Gasteiger charge is 2.27. The predicted molar refractivity (Wildman–Crippen MR) is 108 cm³/mol. The van der Waals surface area contributed by atoms with Crippen LogP contribution in [0.4, 0.5) is 14.5 Å². The summed E-state index contributed by atoms with van der Waals surface area (Å²) < 4.78 is 31.9. The molecule has 3 aromatic rings. The molecule has 1 N–H and O–H groups in total. The molecule has 6 nitrogen and oxygen atoms in total. The lowest BCUT2D eigenvalue weighted by Gasteiger charge is -2.32. The Kier molecular flexibility index (Phi) is 5.74. The number of carbonyl (C=O) groups excluding carboxylic acids is 1. The molecule has 0 radical (unpaired) electrons. The van der Waals surface area contributed by atoms with Gasteiger partial charge >= 0.3 is 0 Å². The number of rotatable bonds is 5. The van der Waals surface area contributed by atoms with Gasteiger partial charge in [-0.15, -0.1) is 0 Å². The average molecular weight is 412 g/mol. The summed E-state index contributed by atoms with van der Waals surface area (Å²) in [6.07, 6.45) is 2.37. The first-order valence-electron chi connectivity index (χ1n) is 9.88. The van der Waals surface area contributed by atoms with Gasteiger partial charge in [-0.2, -0.15) is 4.98 Å². The Balaban J connectivity index is 1.43. The van der Waals surface area contributed by atoms with Gasteiger partial charge in [0.25, 0.3) is 5.91 Å². The number of nitrogens with one attached hydrogen (secondary N) is 1. The number of hydrogen-bond donors (Lipinski definition) is 1. The van der Waals surface area contributed by atoms with Crippen LogP contribution in [-0.2, 0) is 6.42 Å². The van der Waals surface area contributed by atoms with Crippen LogP contribution in [-0.4, -0.2) is 41.1 Å². The molecular weight excluding hydrogens is 390 g/mol. The van der Waals surface area contributed by atoms with E-state index in [0.29, 0.717) is 48.0 Å². The summed E-state index contributed by atoms with van der Waals surface area (Å²) in [7, 11) is 1.67. The minimum absolute atomic E-state index is 0.124. The van der Waals surface area contributed by atoms with Crippen LogP contribution in [0.1, 0.15) is 29.1 Å². The molecule has 0 aliphatic carbocycles. The maximum atomic E-state index is 13.5. The van der Waals surface area contributed by atoms with Gasteiger partial charge in [-0.1, -0.05) is 5.16 Å². The van der Waals surface area contributed by atoms with Gasteiger partial charge in [0.1, 0.15) is 11.6 Å². The third kappa shape index (κ3) is 4.32. The quantitative estimate of drug-likeness (QED) is 0.682. The lowest BCUT2D eigenvalue weighted by molar-refractivity contribution is 0.0669. The highest BCUT2D eigenvalue weighted by atomic mass is 19.1. The van der Waals surface area contributed by atoms with Gasteiger partial charge in [-0.25, -0.2) is 8.78 Å². The minimum Gasteiger partial charge on any atom is -0.387 e. The van der Waals surface area contributed by atoms with Crippen molar-refractivity contribution in [3.63, 3.8) is 0 Å². The van der Waals surface area contributed by atoms with Gasteiger partial charge in [0.2, 0.25) is 11.7 Å². The van der Waals surface area contributed by atoms with Gasteiger partial charge < -0.3 is 14.7 Å². The number of likely N-dealkylation sites (tertiary alicyclic amines) is 1. The van der Waals surface area contributed by atoms with Gasteiger partial charge in [-0.3, -0.25) is 4.79 Å². The fraction of sp³-hybridized carbons (Fsp3) is 0.318. The summed E-state index contributed by atoms with van der Waals surface area (Å²) in [5, 5.41) is 6.87.